The van der Waals surface area contributed by atoms with E-state index in [4.69, 9.17) is 0 Å². The largest absolute Gasteiger partial charge is 0.316 e. The summed E-state index contributed by atoms with van der Waals surface area (Å²) in [6.07, 6.45) is 2.15. The zero-order valence-corrected chi connectivity index (χ0v) is 14.4. The third-order valence-electron chi connectivity index (χ3n) is 3.99. The summed E-state index contributed by atoms with van der Waals surface area (Å²) in [6.45, 7) is 6.66. The minimum Gasteiger partial charge on any atom is -0.316 e. The Morgan fingerprint density at radius 2 is 2.10 bits per heavy atom. The lowest BCUT2D eigenvalue weighted by Crippen LogP contribution is -2.38. The fraction of sp³-hybridized carbons (Fsp3) is 0.714. The average Bonchev–Trinajstić information content (AvgIpc) is 2.96. The summed E-state index contributed by atoms with van der Waals surface area (Å²) in [5, 5.41) is 4.92. The van der Waals surface area contributed by atoms with E-state index >= 15 is 0 Å². The fourth-order valence-electron chi connectivity index (χ4n) is 2.60. The third kappa shape index (κ3) is 4.75. The first kappa shape index (κ1) is 16.9. The van der Waals surface area contributed by atoms with Gasteiger partial charge in [0.15, 0.2) is 0 Å². The molecule has 0 bridgehead atoms. The van der Waals surface area contributed by atoms with Crippen molar-refractivity contribution < 1.29 is 8.42 Å². The Morgan fingerprint density at radius 3 is 2.71 bits per heavy atom. The number of hydrogen-bond acceptors (Lipinski definition) is 5. The topological polar surface area (TPSA) is 61.4 Å². The van der Waals surface area contributed by atoms with E-state index < -0.39 is 10.0 Å². The molecule has 2 rings (SSSR count). The summed E-state index contributed by atoms with van der Waals surface area (Å²) in [6, 6.07) is 1.75. The average molecular weight is 332 g/mol. The van der Waals surface area contributed by atoms with Crippen molar-refractivity contribution in [2.24, 2.45) is 5.92 Å². The molecule has 0 atom stereocenters. The van der Waals surface area contributed by atoms with Crippen LogP contribution in [0.1, 0.15) is 25.3 Å². The van der Waals surface area contributed by atoms with Crippen LogP contribution in [0.4, 0.5) is 0 Å². The van der Waals surface area contributed by atoms with Gasteiger partial charge >= 0.3 is 0 Å². The molecule has 120 valence electrons. The number of thiophene rings is 1. The van der Waals surface area contributed by atoms with Crippen LogP contribution >= 0.6 is 11.3 Å². The Balaban J connectivity index is 1.86. The Hall–Kier alpha value is -0.470. The highest BCUT2D eigenvalue weighted by atomic mass is 32.2. The maximum absolute atomic E-state index is 12.3. The minimum atomic E-state index is -3.35. The van der Waals surface area contributed by atoms with E-state index in [0.717, 1.165) is 38.0 Å². The molecule has 5 nitrogen and oxygen atoms in total. The number of nitrogens with zero attached hydrogens (tertiary/aromatic N) is 1. The molecule has 0 saturated carbocycles. The van der Waals surface area contributed by atoms with Crippen molar-refractivity contribution in [3.8, 4) is 0 Å². The van der Waals surface area contributed by atoms with Gasteiger partial charge in [0.05, 0.1) is 0 Å². The lowest BCUT2D eigenvalue weighted by Gasteiger charge is -2.30. The first-order chi connectivity index (χ1) is 10.0. The van der Waals surface area contributed by atoms with Gasteiger partial charge in [-0.3, -0.25) is 0 Å². The summed E-state index contributed by atoms with van der Waals surface area (Å²) >= 11 is 1.29. The van der Waals surface area contributed by atoms with Crippen LogP contribution in [0, 0.1) is 5.92 Å². The molecule has 1 aliphatic heterocycles. The van der Waals surface area contributed by atoms with Crippen molar-refractivity contribution in [1.29, 1.82) is 0 Å². The highest BCUT2D eigenvalue weighted by Gasteiger charge is 2.22. The quantitative estimate of drug-likeness (QED) is 0.794. The standard InChI is InChI=1S/C14H25N3O2S2/c1-3-17-6-4-12(5-7-17)10-16-21(18,19)14-8-13(9-15-2)11-20-14/h8,11-12,15-16H,3-7,9-10H2,1-2H3. The molecule has 7 heteroatoms. The molecule has 0 spiro atoms. The lowest BCUT2D eigenvalue weighted by molar-refractivity contribution is 0.194. The maximum Gasteiger partial charge on any atom is 0.250 e. The fourth-order valence-corrected chi connectivity index (χ4v) is 4.97. The molecule has 1 aliphatic rings. The van der Waals surface area contributed by atoms with Crippen LogP contribution in [0.5, 0.6) is 0 Å². The molecule has 0 aliphatic carbocycles. The van der Waals surface area contributed by atoms with Gasteiger partial charge in [-0.05, 0) is 62.5 Å². The molecule has 0 amide bonds. The van der Waals surface area contributed by atoms with Gasteiger partial charge in [0.25, 0.3) is 0 Å². The van der Waals surface area contributed by atoms with E-state index in [1.54, 1.807) is 6.07 Å². The van der Waals surface area contributed by atoms with Crippen molar-refractivity contribution in [1.82, 2.24) is 14.9 Å². The second-order valence-electron chi connectivity index (χ2n) is 5.53. The lowest BCUT2D eigenvalue weighted by atomic mass is 9.97. The number of sulfonamides is 1. The molecular weight excluding hydrogens is 306 g/mol. The Bertz CT molecular complexity index is 534. The highest BCUT2D eigenvalue weighted by molar-refractivity contribution is 7.91. The van der Waals surface area contributed by atoms with Crippen molar-refractivity contribution in [3.05, 3.63) is 17.0 Å². The van der Waals surface area contributed by atoms with Gasteiger partial charge in [-0.15, -0.1) is 11.3 Å². The van der Waals surface area contributed by atoms with Crippen LogP contribution in [-0.2, 0) is 16.6 Å². The van der Waals surface area contributed by atoms with Crippen molar-refractivity contribution in [2.45, 2.75) is 30.5 Å². The molecule has 0 radical (unpaired) electrons. The monoisotopic (exact) mass is 331 g/mol. The van der Waals surface area contributed by atoms with E-state index in [9.17, 15) is 8.42 Å². The van der Waals surface area contributed by atoms with Gasteiger partial charge in [-0.2, -0.15) is 0 Å². The van der Waals surface area contributed by atoms with E-state index in [1.807, 2.05) is 12.4 Å². The maximum atomic E-state index is 12.3. The normalized spacial score (nSPS) is 18.2. The second kappa shape index (κ2) is 7.69. The SMILES string of the molecule is CCN1CCC(CNS(=O)(=O)c2cc(CNC)cs2)CC1. The van der Waals surface area contributed by atoms with Gasteiger partial charge < -0.3 is 10.2 Å². The highest BCUT2D eigenvalue weighted by Crippen LogP contribution is 2.21. The zero-order valence-electron chi connectivity index (χ0n) is 12.8. The Kier molecular flexibility index (Phi) is 6.19. The molecule has 21 heavy (non-hydrogen) atoms. The minimum absolute atomic E-state index is 0.416. The van der Waals surface area contributed by atoms with Crippen molar-refractivity contribution in [2.75, 3.05) is 33.2 Å². The number of nitrogens with one attached hydrogen (secondary N) is 2. The molecule has 1 saturated heterocycles. The van der Waals surface area contributed by atoms with Gasteiger partial charge in [-0.1, -0.05) is 6.92 Å². The van der Waals surface area contributed by atoms with Crippen LogP contribution in [0.3, 0.4) is 0 Å². The van der Waals surface area contributed by atoms with E-state index in [2.05, 4.69) is 21.9 Å². The summed E-state index contributed by atoms with van der Waals surface area (Å²) in [5.74, 6) is 0.458. The van der Waals surface area contributed by atoms with Gasteiger partial charge in [0.1, 0.15) is 4.21 Å². The smallest absolute Gasteiger partial charge is 0.250 e. The molecule has 0 aromatic carbocycles. The summed E-state index contributed by atoms with van der Waals surface area (Å²) in [7, 11) is -1.50. The number of hydrogen-bond donors (Lipinski definition) is 2. The van der Waals surface area contributed by atoms with Crippen molar-refractivity contribution in [3.63, 3.8) is 0 Å². The summed E-state index contributed by atoms with van der Waals surface area (Å²) in [4.78, 5) is 2.41. The number of piperidine rings is 1. The number of rotatable bonds is 7. The molecule has 1 aromatic heterocycles. The molecule has 2 heterocycles. The molecule has 0 unspecified atom stereocenters. The van der Waals surface area contributed by atoms with E-state index in [1.165, 1.54) is 11.3 Å². The predicted octanol–water partition coefficient (Wildman–Crippen LogP) is 1.48. The van der Waals surface area contributed by atoms with Crippen molar-refractivity contribution >= 4 is 21.4 Å². The Morgan fingerprint density at radius 1 is 1.38 bits per heavy atom. The molecule has 2 N–H and O–H groups in total. The summed E-state index contributed by atoms with van der Waals surface area (Å²) < 4.78 is 27.8. The van der Waals surface area contributed by atoms with Gasteiger partial charge in [-0.25, -0.2) is 13.1 Å². The molecule has 1 fully saturated rings. The van der Waals surface area contributed by atoms with Gasteiger partial charge in [0.2, 0.25) is 10.0 Å². The first-order valence-corrected chi connectivity index (χ1v) is 9.85. The van der Waals surface area contributed by atoms with Crippen LogP contribution in [0.2, 0.25) is 0 Å². The van der Waals surface area contributed by atoms with Gasteiger partial charge in [0, 0.05) is 13.1 Å². The first-order valence-electron chi connectivity index (χ1n) is 7.49. The van der Waals surface area contributed by atoms with Crippen LogP contribution in [0.25, 0.3) is 0 Å². The van der Waals surface area contributed by atoms with Crippen LogP contribution in [0.15, 0.2) is 15.7 Å². The molecule has 1 aromatic rings. The number of likely N-dealkylation sites (tertiary alicyclic amines) is 1. The third-order valence-corrected chi connectivity index (χ3v) is 6.90. The zero-order chi connectivity index (χ0) is 15.3. The van der Waals surface area contributed by atoms with Crippen LogP contribution in [-0.4, -0.2) is 46.5 Å². The summed E-state index contributed by atoms with van der Waals surface area (Å²) in [5.41, 5.74) is 1.01. The predicted molar refractivity (Wildman–Crippen MR) is 87.1 cm³/mol. The Labute approximate surface area is 131 Å². The second-order valence-corrected chi connectivity index (χ2v) is 8.44. The van der Waals surface area contributed by atoms with E-state index in [0.29, 0.717) is 23.2 Å². The van der Waals surface area contributed by atoms with Crippen LogP contribution < -0.4 is 10.0 Å². The van der Waals surface area contributed by atoms with E-state index in [-0.39, 0.29) is 0 Å². The molecular formula is C14H25N3O2S2.